The molecule has 6 heteroatoms. The molecule has 0 bridgehead atoms. The Kier molecular flexibility index (Phi) is 5.41. The van der Waals surface area contributed by atoms with E-state index in [2.05, 4.69) is 0 Å². The molecule has 2 heterocycles. The van der Waals surface area contributed by atoms with Gasteiger partial charge in [0.15, 0.2) is 0 Å². The number of unbranched alkanes of at least 4 members (excludes halogenated alkanes) is 1. The van der Waals surface area contributed by atoms with Gasteiger partial charge in [0.05, 0.1) is 11.1 Å². The van der Waals surface area contributed by atoms with Gasteiger partial charge in [0.2, 0.25) is 0 Å². The summed E-state index contributed by atoms with van der Waals surface area (Å²) >= 11 is 0. The second-order valence-corrected chi connectivity index (χ2v) is 7.30. The van der Waals surface area contributed by atoms with Crippen LogP contribution in [-0.2, 0) is 0 Å². The lowest BCUT2D eigenvalue weighted by atomic mass is 9.95. The zero-order chi connectivity index (χ0) is 18.8. The first-order chi connectivity index (χ1) is 12.5. The van der Waals surface area contributed by atoms with E-state index < -0.39 is 0 Å². The second-order valence-electron chi connectivity index (χ2n) is 7.30. The van der Waals surface area contributed by atoms with Crippen LogP contribution >= 0.6 is 0 Å². The molecule has 1 aromatic carbocycles. The Morgan fingerprint density at radius 1 is 1.23 bits per heavy atom. The van der Waals surface area contributed by atoms with Crippen molar-refractivity contribution < 1.29 is 14.4 Å². The fourth-order valence-corrected chi connectivity index (χ4v) is 3.87. The Morgan fingerprint density at radius 2 is 1.96 bits per heavy atom. The summed E-state index contributed by atoms with van der Waals surface area (Å²) in [4.78, 5) is 41.2. The third-order valence-corrected chi connectivity index (χ3v) is 5.37. The maximum Gasteiger partial charge on any atom is 0.261 e. The van der Waals surface area contributed by atoms with Crippen LogP contribution in [-0.4, -0.2) is 52.7 Å². The molecule has 0 saturated carbocycles. The van der Waals surface area contributed by atoms with E-state index in [0.29, 0.717) is 29.8 Å². The lowest BCUT2D eigenvalue weighted by Crippen LogP contribution is -2.51. The number of nitrogens with two attached hydrogens (primary N) is 1. The third kappa shape index (κ3) is 3.26. The van der Waals surface area contributed by atoms with Crippen molar-refractivity contribution in [3.8, 4) is 0 Å². The normalized spacial score (nSPS) is 21.1. The lowest BCUT2D eigenvalue weighted by Gasteiger charge is -2.38. The minimum Gasteiger partial charge on any atom is -0.334 e. The van der Waals surface area contributed by atoms with Crippen LogP contribution in [0.5, 0.6) is 0 Å². The monoisotopic (exact) mass is 357 g/mol. The average Bonchev–Trinajstić information content (AvgIpc) is 2.89. The Morgan fingerprint density at radius 3 is 2.65 bits per heavy atom. The van der Waals surface area contributed by atoms with Crippen LogP contribution in [0.4, 0.5) is 0 Å². The maximum absolute atomic E-state index is 13.0. The van der Waals surface area contributed by atoms with E-state index in [1.54, 1.807) is 18.2 Å². The average molecular weight is 357 g/mol. The third-order valence-electron chi connectivity index (χ3n) is 5.37. The van der Waals surface area contributed by atoms with Gasteiger partial charge < -0.3 is 10.6 Å². The Balaban J connectivity index is 1.86. The highest BCUT2D eigenvalue weighted by Gasteiger charge is 2.36. The minimum atomic E-state index is -0.296. The van der Waals surface area contributed by atoms with Crippen LogP contribution in [0, 0.1) is 0 Å². The van der Waals surface area contributed by atoms with E-state index in [9.17, 15) is 14.4 Å². The molecule has 2 aliphatic heterocycles. The van der Waals surface area contributed by atoms with Crippen LogP contribution in [0.1, 0.15) is 77.0 Å². The summed E-state index contributed by atoms with van der Waals surface area (Å²) in [7, 11) is 0. The molecule has 1 fully saturated rings. The molecule has 0 radical (unpaired) electrons. The summed E-state index contributed by atoms with van der Waals surface area (Å²) in [6, 6.07) is 4.77. The number of likely N-dealkylation sites (tertiary alicyclic amines) is 1. The van der Waals surface area contributed by atoms with Crippen LogP contribution in [0.25, 0.3) is 0 Å². The summed E-state index contributed by atoms with van der Waals surface area (Å²) in [6.45, 7) is 5.04. The Bertz CT molecular complexity index is 729. The molecule has 2 atom stereocenters. The van der Waals surface area contributed by atoms with Gasteiger partial charge >= 0.3 is 0 Å². The van der Waals surface area contributed by atoms with Gasteiger partial charge in [-0.3, -0.25) is 19.3 Å². The van der Waals surface area contributed by atoms with Crippen LogP contribution in [0.2, 0.25) is 0 Å². The van der Waals surface area contributed by atoms with Crippen LogP contribution in [0.3, 0.4) is 0 Å². The Hall–Kier alpha value is -2.21. The number of piperidine rings is 1. The number of benzene rings is 1. The van der Waals surface area contributed by atoms with Crippen molar-refractivity contribution in [2.24, 2.45) is 5.73 Å². The number of imide groups is 1. The van der Waals surface area contributed by atoms with Crippen molar-refractivity contribution in [2.75, 3.05) is 13.1 Å². The highest BCUT2D eigenvalue weighted by molar-refractivity contribution is 6.22. The number of amides is 3. The van der Waals surface area contributed by atoms with Gasteiger partial charge in [-0.2, -0.15) is 0 Å². The molecule has 0 aliphatic carbocycles. The number of carbonyl (C=O) groups excluding carboxylic acids is 3. The zero-order valence-corrected chi connectivity index (χ0v) is 15.5. The molecule has 1 saturated heterocycles. The van der Waals surface area contributed by atoms with E-state index in [1.165, 1.54) is 4.90 Å². The smallest absolute Gasteiger partial charge is 0.261 e. The highest BCUT2D eigenvalue weighted by Crippen LogP contribution is 2.27. The maximum atomic E-state index is 13.0. The second kappa shape index (κ2) is 7.58. The first kappa shape index (κ1) is 18.6. The van der Waals surface area contributed by atoms with Gasteiger partial charge in [-0.1, -0.05) is 13.3 Å². The highest BCUT2D eigenvalue weighted by atomic mass is 16.2. The van der Waals surface area contributed by atoms with E-state index >= 15 is 0 Å². The van der Waals surface area contributed by atoms with E-state index in [4.69, 9.17) is 5.73 Å². The van der Waals surface area contributed by atoms with E-state index in [1.807, 2.05) is 18.7 Å². The number of hydrogen-bond acceptors (Lipinski definition) is 4. The number of hydrogen-bond donors (Lipinski definition) is 1. The molecule has 0 aromatic heterocycles. The van der Waals surface area contributed by atoms with Crippen LogP contribution in [0.15, 0.2) is 18.2 Å². The van der Waals surface area contributed by atoms with E-state index in [-0.39, 0.29) is 29.8 Å². The quantitative estimate of drug-likeness (QED) is 0.820. The first-order valence-corrected chi connectivity index (χ1v) is 9.52. The summed E-state index contributed by atoms with van der Waals surface area (Å²) in [5, 5.41) is 0. The standard InChI is InChI=1S/C20H27N3O3/c1-3-4-10-23-19(25)15-9-8-14(12-16(15)20(23)26)18(24)22-11-6-5-7-17(22)13(2)21/h8-9,12-13,17H,3-7,10-11,21H2,1-2H3. The number of nitrogens with zero attached hydrogens (tertiary/aromatic N) is 2. The van der Waals surface area contributed by atoms with E-state index in [0.717, 1.165) is 32.1 Å². The van der Waals surface area contributed by atoms with Crippen molar-refractivity contribution in [3.63, 3.8) is 0 Å². The predicted octanol–water partition coefficient (Wildman–Crippen LogP) is 2.42. The molecule has 1 aromatic rings. The van der Waals surface area contributed by atoms with Gasteiger partial charge in [0, 0.05) is 30.7 Å². The molecular formula is C20H27N3O3. The SMILES string of the molecule is CCCCN1C(=O)c2ccc(C(=O)N3CCCCC3C(C)N)cc2C1=O. The molecule has 3 amide bonds. The molecule has 140 valence electrons. The van der Waals surface area contributed by atoms with Crippen LogP contribution < -0.4 is 5.73 Å². The largest absolute Gasteiger partial charge is 0.334 e. The molecule has 26 heavy (non-hydrogen) atoms. The molecule has 3 rings (SSSR count). The van der Waals surface area contributed by atoms with Gasteiger partial charge in [-0.05, 0) is 50.8 Å². The molecule has 6 nitrogen and oxygen atoms in total. The van der Waals surface area contributed by atoms with Gasteiger partial charge in [0.25, 0.3) is 17.7 Å². The van der Waals surface area contributed by atoms with Crippen molar-refractivity contribution in [1.29, 1.82) is 0 Å². The molecule has 2 N–H and O–H groups in total. The first-order valence-electron chi connectivity index (χ1n) is 9.52. The fourth-order valence-electron chi connectivity index (χ4n) is 3.87. The summed E-state index contributed by atoms with van der Waals surface area (Å²) in [5.74, 6) is -0.665. The van der Waals surface area contributed by atoms with Crippen molar-refractivity contribution in [2.45, 2.75) is 58.0 Å². The predicted molar refractivity (Wildman–Crippen MR) is 99.0 cm³/mol. The van der Waals surface area contributed by atoms with Crippen molar-refractivity contribution >= 4 is 17.7 Å². The summed E-state index contributed by atoms with van der Waals surface area (Å²) in [6.07, 6.45) is 4.62. The number of carbonyl (C=O) groups is 3. The number of rotatable bonds is 5. The Labute approximate surface area is 154 Å². The zero-order valence-electron chi connectivity index (χ0n) is 15.5. The lowest BCUT2D eigenvalue weighted by molar-refractivity contribution is 0.0583. The summed E-state index contributed by atoms with van der Waals surface area (Å²) in [5.41, 5.74) is 7.26. The molecule has 0 spiro atoms. The molecule has 2 unspecified atom stereocenters. The summed E-state index contributed by atoms with van der Waals surface area (Å²) < 4.78 is 0. The molecular weight excluding hydrogens is 330 g/mol. The number of fused-ring (bicyclic) bond motifs is 1. The van der Waals surface area contributed by atoms with Gasteiger partial charge in [0.1, 0.15) is 0 Å². The van der Waals surface area contributed by atoms with Crippen molar-refractivity contribution in [3.05, 3.63) is 34.9 Å². The fraction of sp³-hybridized carbons (Fsp3) is 0.550. The van der Waals surface area contributed by atoms with Crippen molar-refractivity contribution in [1.82, 2.24) is 9.80 Å². The molecule has 2 aliphatic rings. The minimum absolute atomic E-state index is 0.0166. The topological polar surface area (TPSA) is 83.7 Å². The van der Waals surface area contributed by atoms with Gasteiger partial charge in [-0.25, -0.2) is 0 Å². The van der Waals surface area contributed by atoms with Gasteiger partial charge in [-0.15, -0.1) is 0 Å².